The highest BCUT2D eigenvalue weighted by Crippen LogP contribution is 2.52. The highest BCUT2D eigenvalue weighted by molar-refractivity contribution is 5.28. The molecule has 0 radical (unpaired) electrons. The molecular formula is C15H24. The van der Waals surface area contributed by atoms with Gasteiger partial charge in [0, 0.05) is 0 Å². The summed E-state index contributed by atoms with van der Waals surface area (Å²) < 4.78 is 0. The quantitative estimate of drug-likeness (QED) is 0.542. The largest absolute Gasteiger partial charge is 0.0844 e. The van der Waals surface area contributed by atoms with Crippen LogP contribution in [0.4, 0.5) is 0 Å². The van der Waals surface area contributed by atoms with Crippen molar-refractivity contribution in [1.82, 2.24) is 0 Å². The van der Waals surface area contributed by atoms with Gasteiger partial charge in [-0.15, -0.1) is 0 Å². The minimum atomic E-state index is 0.493. The molecule has 0 aromatic rings. The summed E-state index contributed by atoms with van der Waals surface area (Å²) in [5, 5.41) is 0. The molecule has 0 bridgehead atoms. The Kier molecular flexibility index (Phi) is 2.79. The van der Waals surface area contributed by atoms with Crippen LogP contribution in [0, 0.1) is 17.3 Å². The molecule has 0 aliphatic heterocycles. The van der Waals surface area contributed by atoms with Crippen molar-refractivity contribution in [2.24, 2.45) is 17.3 Å². The summed E-state index contributed by atoms with van der Waals surface area (Å²) in [6.45, 7) is 9.49. The van der Waals surface area contributed by atoms with E-state index in [2.05, 4.69) is 39.8 Å². The molecule has 0 saturated heterocycles. The first-order chi connectivity index (χ1) is 7.03. The monoisotopic (exact) mass is 204 g/mol. The van der Waals surface area contributed by atoms with Crippen molar-refractivity contribution in [1.29, 1.82) is 0 Å². The van der Waals surface area contributed by atoms with E-state index in [9.17, 15) is 0 Å². The molecular weight excluding hydrogens is 180 g/mol. The van der Waals surface area contributed by atoms with Crippen LogP contribution >= 0.6 is 0 Å². The van der Waals surface area contributed by atoms with Crippen molar-refractivity contribution in [3.8, 4) is 0 Å². The zero-order valence-electron chi connectivity index (χ0n) is 10.6. The lowest BCUT2D eigenvalue weighted by Crippen LogP contribution is -2.16. The highest BCUT2D eigenvalue weighted by atomic mass is 14.4. The molecule has 0 spiro atoms. The molecule has 2 aliphatic carbocycles. The standard InChI is InChI=1S/C15H24/c1-11(2)13-8-10-15(4)9-7-12(3)5-6-14(13)15/h6-7,11,13H,5,8-10H2,1-4H3. The number of rotatable bonds is 1. The van der Waals surface area contributed by atoms with Crippen molar-refractivity contribution in [2.75, 3.05) is 0 Å². The Balaban J connectivity index is 2.30. The summed E-state index contributed by atoms with van der Waals surface area (Å²) >= 11 is 0. The Morgan fingerprint density at radius 2 is 2.07 bits per heavy atom. The van der Waals surface area contributed by atoms with Crippen molar-refractivity contribution < 1.29 is 0 Å². The maximum atomic E-state index is 2.54. The molecule has 0 heterocycles. The number of hydrogen-bond acceptors (Lipinski definition) is 0. The fourth-order valence-corrected chi connectivity index (χ4v) is 3.29. The van der Waals surface area contributed by atoms with Crippen LogP contribution in [0.15, 0.2) is 23.3 Å². The molecule has 0 heteroatoms. The van der Waals surface area contributed by atoms with Gasteiger partial charge in [-0.2, -0.15) is 0 Å². The summed E-state index contributed by atoms with van der Waals surface area (Å²) in [6.07, 6.45) is 10.3. The van der Waals surface area contributed by atoms with Crippen LogP contribution in [0.1, 0.15) is 53.4 Å². The second kappa shape index (κ2) is 3.81. The molecule has 1 saturated carbocycles. The SMILES string of the molecule is CC1=CCC2(C)CCC(C(C)C)C2=CC1. The smallest absolute Gasteiger partial charge is 0.00786 e. The highest BCUT2D eigenvalue weighted by Gasteiger charge is 2.40. The third-order valence-corrected chi connectivity index (χ3v) is 4.45. The van der Waals surface area contributed by atoms with E-state index < -0.39 is 0 Å². The van der Waals surface area contributed by atoms with Gasteiger partial charge >= 0.3 is 0 Å². The van der Waals surface area contributed by atoms with Crippen LogP contribution < -0.4 is 0 Å². The first-order valence-electron chi connectivity index (χ1n) is 6.39. The molecule has 0 nitrogen and oxygen atoms in total. The van der Waals surface area contributed by atoms with E-state index in [4.69, 9.17) is 0 Å². The van der Waals surface area contributed by atoms with Crippen LogP contribution in [0.3, 0.4) is 0 Å². The van der Waals surface area contributed by atoms with Gasteiger partial charge in [-0.3, -0.25) is 0 Å². The predicted octanol–water partition coefficient (Wildman–Crippen LogP) is 4.73. The molecule has 0 aromatic carbocycles. The molecule has 84 valence electrons. The Bertz CT molecular complexity index is 306. The van der Waals surface area contributed by atoms with Crippen LogP contribution in [-0.4, -0.2) is 0 Å². The Hall–Kier alpha value is -0.520. The lowest BCUT2D eigenvalue weighted by Gasteiger charge is -2.27. The maximum absolute atomic E-state index is 2.54. The summed E-state index contributed by atoms with van der Waals surface area (Å²) in [5.41, 5.74) is 3.82. The Morgan fingerprint density at radius 1 is 1.33 bits per heavy atom. The van der Waals surface area contributed by atoms with Crippen LogP contribution in [0.2, 0.25) is 0 Å². The lowest BCUT2D eigenvalue weighted by molar-refractivity contribution is 0.410. The van der Waals surface area contributed by atoms with Gasteiger partial charge in [0.2, 0.25) is 0 Å². The maximum Gasteiger partial charge on any atom is -0.00786 e. The van der Waals surface area contributed by atoms with Gasteiger partial charge in [0.25, 0.3) is 0 Å². The molecule has 2 rings (SSSR count). The van der Waals surface area contributed by atoms with E-state index in [0.717, 1.165) is 11.8 Å². The second-order valence-corrected chi connectivity index (χ2v) is 6.07. The first-order valence-corrected chi connectivity index (χ1v) is 6.39. The Morgan fingerprint density at radius 3 is 2.73 bits per heavy atom. The third kappa shape index (κ3) is 1.91. The normalized spacial score (nSPS) is 35.9. The van der Waals surface area contributed by atoms with Crippen LogP contribution in [-0.2, 0) is 0 Å². The fourth-order valence-electron chi connectivity index (χ4n) is 3.29. The number of allylic oxidation sites excluding steroid dienone is 4. The van der Waals surface area contributed by atoms with Gasteiger partial charge in [-0.05, 0) is 49.9 Å². The molecule has 0 amide bonds. The number of fused-ring (bicyclic) bond motifs is 1. The summed E-state index contributed by atoms with van der Waals surface area (Å²) in [7, 11) is 0. The first kappa shape index (κ1) is 11.0. The fraction of sp³-hybridized carbons (Fsp3) is 0.733. The number of hydrogen-bond donors (Lipinski definition) is 0. The molecule has 2 unspecified atom stereocenters. The molecule has 0 N–H and O–H groups in total. The average molecular weight is 204 g/mol. The van der Waals surface area contributed by atoms with Gasteiger partial charge in [-0.25, -0.2) is 0 Å². The van der Waals surface area contributed by atoms with Gasteiger partial charge in [-0.1, -0.05) is 44.1 Å². The van der Waals surface area contributed by atoms with Crippen molar-refractivity contribution in [3.63, 3.8) is 0 Å². The lowest BCUT2D eigenvalue weighted by atomic mass is 9.78. The van der Waals surface area contributed by atoms with Crippen molar-refractivity contribution >= 4 is 0 Å². The van der Waals surface area contributed by atoms with Gasteiger partial charge in [0.15, 0.2) is 0 Å². The minimum absolute atomic E-state index is 0.493. The summed E-state index contributed by atoms with van der Waals surface area (Å²) in [4.78, 5) is 0. The topological polar surface area (TPSA) is 0 Å². The average Bonchev–Trinajstić information content (AvgIpc) is 2.43. The third-order valence-electron chi connectivity index (χ3n) is 4.45. The Labute approximate surface area is 94.5 Å². The summed E-state index contributed by atoms with van der Waals surface area (Å²) in [5.74, 6) is 1.67. The summed E-state index contributed by atoms with van der Waals surface area (Å²) in [6, 6.07) is 0. The van der Waals surface area contributed by atoms with E-state index in [0.29, 0.717) is 5.41 Å². The van der Waals surface area contributed by atoms with Gasteiger partial charge in [0.05, 0.1) is 0 Å². The zero-order valence-corrected chi connectivity index (χ0v) is 10.6. The zero-order chi connectivity index (χ0) is 11.1. The van der Waals surface area contributed by atoms with Crippen molar-refractivity contribution in [3.05, 3.63) is 23.3 Å². The van der Waals surface area contributed by atoms with E-state index in [1.807, 2.05) is 0 Å². The molecule has 2 aliphatic rings. The minimum Gasteiger partial charge on any atom is -0.0844 e. The van der Waals surface area contributed by atoms with Gasteiger partial charge < -0.3 is 0 Å². The predicted molar refractivity (Wildman–Crippen MR) is 66.7 cm³/mol. The van der Waals surface area contributed by atoms with Crippen LogP contribution in [0.25, 0.3) is 0 Å². The van der Waals surface area contributed by atoms with E-state index in [1.54, 1.807) is 11.1 Å². The van der Waals surface area contributed by atoms with Crippen molar-refractivity contribution in [2.45, 2.75) is 53.4 Å². The molecule has 1 fully saturated rings. The van der Waals surface area contributed by atoms with Crippen LogP contribution in [0.5, 0.6) is 0 Å². The van der Waals surface area contributed by atoms with E-state index in [-0.39, 0.29) is 0 Å². The molecule has 0 aromatic heterocycles. The van der Waals surface area contributed by atoms with Gasteiger partial charge in [0.1, 0.15) is 0 Å². The second-order valence-electron chi connectivity index (χ2n) is 6.07. The molecule has 2 atom stereocenters. The van der Waals surface area contributed by atoms with E-state index in [1.165, 1.54) is 25.7 Å². The van der Waals surface area contributed by atoms with E-state index >= 15 is 0 Å². The molecule has 15 heavy (non-hydrogen) atoms.